The summed E-state index contributed by atoms with van der Waals surface area (Å²) in [5.41, 5.74) is 3.88. The molecule has 29 heavy (non-hydrogen) atoms. The average Bonchev–Trinajstić information content (AvgIpc) is 3.11. The van der Waals surface area contributed by atoms with E-state index in [1.807, 2.05) is 63.2 Å². The van der Waals surface area contributed by atoms with Gasteiger partial charge in [-0.15, -0.1) is 0 Å². The summed E-state index contributed by atoms with van der Waals surface area (Å²) in [6.07, 6.45) is 0.106. The molecule has 3 rings (SSSR count). The number of ether oxygens (including phenoxy) is 1. The predicted octanol–water partition coefficient (Wildman–Crippen LogP) is 3.39. The van der Waals surface area contributed by atoms with Crippen LogP contribution >= 0.6 is 0 Å². The lowest BCUT2D eigenvalue weighted by Gasteiger charge is -2.25. The van der Waals surface area contributed by atoms with Gasteiger partial charge in [-0.25, -0.2) is 0 Å². The van der Waals surface area contributed by atoms with Gasteiger partial charge in [-0.05, 0) is 49.6 Å². The van der Waals surface area contributed by atoms with Gasteiger partial charge < -0.3 is 15.0 Å². The number of esters is 1. The molecule has 0 unspecified atom stereocenters. The van der Waals surface area contributed by atoms with Gasteiger partial charge in [0.05, 0.1) is 12.0 Å². The summed E-state index contributed by atoms with van der Waals surface area (Å²) in [5, 5.41) is 2.72. The Morgan fingerprint density at radius 2 is 1.86 bits per heavy atom. The van der Waals surface area contributed by atoms with Crippen LogP contribution in [-0.2, 0) is 19.1 Å². The number of rotatable bonds is 6. The first-order chi connectivity index (χ1) is 13.8. The third-order valence-electron chi connectivity index (χ3n) is 5.38. The van der Waals surface area contributed by atoms with E-state index in [0.717, 1.165) is 16.7 Å². The van der Waals surface area contributed by atoms with E-state index in [0.29, 0.717) is 12.2 Å². The third kappa shape index (κ3) is 5.02. The highest BCUT2D eigenvalue weighted by Gasteiger charge is 2.38. The number of carbonyl (C=O) groups excluding carboxylic acids is 3. The number of hydrogen-bond donors (Lipinski definition) is 1. The molecule has 1 saturated heterocycles. The monoisotopic (exact) mass is 394 g/mol. The number of aryl methyl sites for hydroxylation is 2. The number of nitrogens with one attached hydrogen (secondary N) is 1. The van der Waals surface area contributed by atoms with Crippen molar-refractivity contribution in [1.29, 1.82) is 0 Å². The van der Waals surface area contributed by atoms with Crippen LogP contribution in [0.2, 0.25) is 0 Å². The maximum Gasteiger partial charge on any atom is 0.311 e. The summed E-state index contributed by atoms with van der Waals surface area (Å²) in [5.74, 6) is -1.55. The van der Waals surface area contributed by atoms with Gasteiger partial charge in [-0.2, -0.15) is 0 Å². The average molecular weight is 394 g/mol. The second-order valence-corrected chi connectivity index (χ2v) is 7.49. The summed E-state index contributed by atoms with van der Waals surface area (Å²) in [4.78, 5) is 38.5. The SMILES string of the molecule is Cc1ccc(NC(=O)COC(=O)[C@H]2CC(=O)N([C@@H](C)c3ccccc3)C2)cc1C. The van der Waals surface area contributed by atoms with Crippen LogP contribution in [-0.4, -0.2) is 35.8 Å². The molecule has 0 saturated carbocycles. The van der Waals surface area contributed by atoms with Crippen molar-refractivity contribution in [2.45, 2.75) is 33.2 Å². The van der Waals surface area contributed by atoms with Gasteiger partial charge in [0, 0.05) is 18.7 Å². The summed E-state index contributed by atoms with van der Waals surface area (Å²) in [6.45, 7) is 5.83. The Balaban J connectivity index is 1.51. The second-order valence-electron chi connectivity index (χ2n) is 7.49. The van der Waals surface area contributed by atoms with Crippen LogP contribution in [0, 0.1) is 19.8 Å². The molecular formula is C23H26N2O4. The second kappa shape index (κ2) is 8.90. The number of hydrogen-bond acceptors (Lipinski definition) is 4. The van der Waals surface area contributed by atoms with Crippen LogP contribution in [0.25, 0.3) is 0 Å². The first kappa shape index (κ1) is 20.6. The molecule has 1 fully saturated rings. The lowest BCUT2D eigenvalue weighted by Crippen LogP contribution is -2.30. The van der Waals surface area contributed by atoms with Crippen molar-refractivity contribution in [1.82, 2.24) is 4.90 Å². The zero-order valence-corrected chi connectivity index (χ0v) is 17.0. The molecule has 1 aliphatic rings. The normalized spacial score (nSPS) is 17.1. The first-order valence-electron chi connectivity index (χ1n) is 9.73. The third-order valence-corrected chi connectivity index (χ3v) is 5.38. The van der Waals surface area contributed by atoms with Crippen molar-refractivity contribution in [3.8, 4) is 0 Å². The van der Waals surface area contributed by atoms with E-state index in [4.69, 9.17) is 4.74 Å². The molecule has 0 aliphatic carbocycles. The van der Waals surface area contributed by atoms with Crippen molar-refractivity contribution >= 4 is 23.5 Å². The molecule has 6 heteroatoms. The molecule has 0 aromatic heterocycles. The first-order valence-corrected chi connectivity index (χ1v) is 9.73. The molecule has 1 N–H and O–H groups in total. The molecule has 2 amide bonds. The Morgan fingerprint density at radius 3 is 2.55 bits per heavy atom. The molecule has 2 aromatic carbocycles. The van der Waals surface area contributed by atoms with Crippen molar-refractivity contribution in [2.75, 3.05) is 18.5 Å². The van der Waals surface area contributed by atoms with Crippen molar-refractivity contribution in [2.24, 2.45) is 5.92 Å². The van der Waals surface area contributed by atoms with Gasteiger partial charge in [0.2, 0.25) is 5.91 Å². The number of anilines is 1. The van der Waals surface area contributed by atoms with Crippen LogP contribution in [0.15, 0.2) is 48.5 Å². The van der Waals surface area contributed by atoms with E-state index >= 15 is 0 Å². The van der Waals surface area contributed by atoms with Crippen LogP contribution < -0.4 is 5.32 Å². The minimum atomic E-state index is -0.553. The number of likely N-dealkylation sites (tertiary alicyclic amines) is 1. The smallest absolute Gasteiger partial charge is 0.311 e. The van der Waals surface area contributed by atoms with Crippen LogP contribution in [0.4, 0.5) is 5.69 Å². The van der Waals surface area contributed by atoms with Crippen molar-refractivity contribution < 1.29 is 19.1 Å². The highest BCUT2D eigenvalue weighted by atomic mass is 16.5. The van der Waals surface area contributed by atoms with E-state index in [1.165, 1.54) is 0 Å². The fourth-order valence-corrected chi connectivity index (χ4v) is 3.45. The number of carbonyl (C=O) groups is 3. The lowest BCUT2D eigenvalue weighted by atomic mass is 10.1. The summed E-state index contributed by atoms with van der Waals surface area (Å²) >= 11 is 0. The fourth-order valence-electron chi connectivity index (χ4n) is 3.45. The van der Waals surface area contributed by atoms with Gasteiger partial charge in [0.25, 0.3) is 5.91 Å². The molecule has 6 nitrogen and oxygen atoms in total. The van der Waals surface area contributed by atoms with Crippen LogP contribution in [0.3, 0.4) is 0 Å². The highest BCUT2D eigenvalue weighted by molar-refractivity contribution is 5.93. The van der Waals surface area contributed by atoms with Gasteiger partial charge in [-0.3, -0.25) is 14.4 Å². The van der Waals surface area contributed by atoms with E-state index in [1.54, 1.807) is 11.0 Å². The Hall–Kier alpha value is -3.15. The van der Waals surface area contributed by atoms with Crippen molar-refractivity contribution in [3.63, 3.8) is 0 Å². The summed E-state index contributed by atoms with van der Waals surface area (Å²) < 4.78 is 5.17. The van der Waals surface area contributed by atoms with Crippen LogP contribution in [0.5, 0.6) is 0 Å². The fraction of sp³-hybridized carbons (Fsp3) is 0.348. The molecule has 152 valence electrons. The van der Waals surface area contributed by atoms with Gasteiger partial charge >= 0.3 is 5.97 Å². The van der Waals surface area contributed by atoms with Gasteiger partial charge in [-0.1, -0.05) is 36.4 Å². The Labute approximate surface area is 170 Å². The number of nitrogens with zero attached hydrogens (tertiary/aromatic N) is 1. The standard InChI is InChI=1S/C23H26N2O4/c1-15-9-10-20(11-16(15)2)24-21(26)14-29-23(28)19-12-22(27)25(13-19)17(3)18-7-5-4-6-8-18/h4-11,17,19H,12-14H2,1-3H3,(H,24,26)/t17-,19-/m0/s1. The largest absolute Gasteiger partial charge is 0.455 e. The molecular weight excluding hydrogens is 368 g/mol. The topological polar surface area (TPSA) is 75.7 Å². The van der Waals surface area contributed by atoms with Crippen LogP contribution in [0.1, 0.15) is 36.1 Å². The highest BCUT2D eigenvalue weighted by Crippen LogP contribution is 2.29. The molecule has 2 atom stereocenters. The zero-order chi connectivity index (χ0) is 21.0. The lowest BCUT2D eigenvalue weighted by molar-refractivity contribution is -0.151. The Kier molecular flexibility index (Phi) is 6.32. The summed E-state index contributed by atoms with van der Waals surface area (Å²) in [6, 6.07) is 15.2. The molecule has 1 aliphatic heterocycles. The summed E-state index contributed by atoms with van der Waals surface area (Å²) in [7, 11) is 0. The molecule has 0 radical (unpaired) electrons. The van der Waals surface area contributed by atoms with Gasteiger partial charge in [0.15, 0.2) is 6.61 Å². The number of benzene rings is 2. The Morgan fingerprint density at radius 1 is 1.14 bits per heavy atom. The minimum Gasteiger partial charge on any atom is -0.455 e. The molecule has 0 spiro atoms. The number of amides is 2. The maximum atomic E-state index is 12.4. The van der Waals surface area contributed by atoms with E-state index in [9.17, 15) is 14.4 Å². The maximum absolute atomic E-state index is 12.4. The molecule has 2 aromatic rings. The Bertz CT molecular complexity index is 910. The van der Waals surface area contributed by atoms with E-state index in [-0.39, 0.29) is 25.0 Å². The zero-order valence-electron chi connectivity index (χ0n) is 17.0. The minimum absolute atomic E-state index is 0.0807. The van der Waals surface area contributed by atoms with E-state index in [2.05, 4.69) is 5.32 Å². The van der Waals surface area contributed by atoms with Crippen molar-refractivity contribution in [3.05, 3.63) is 65.2 Å². The molecule has 0 bridgehead atoms. The predicted molar refractivity (Wildman–Crippen MR) is 110 cm³/mol. The van der Waals surface area contributed by atoms with E-state index < -0.39 is 17.8 Å². The molecule has 1 heterocycles. The quantitative estimate of drug-likeness (QED) is 0.762. The van der Waals surface area contributed by atoms with Gasteiger partial charge in [0.1, 0.15) is 0 Å².